The smallest absolute Gasteiger partial charge is 0.343 e. The molecule has 0 aliphatic carbocycles. The molecule has 0 bridgehead atoms. The van der Waals surface area contributed by atoms with E-state index >= 15 is 0 Å². The molecule has 0 aliphatic rings. The van der Waals surface area contributed by atoms with E-state index in [1.807, 2.05) is 0 Å². The van der Waals surface area contributed by atoms with E-state index in [9.17, 15) is 29.4 Å². The Labute approximate surface area is 187 Å². The van der Waals surface area contributed by atoms with Gasteiger partial charge in [0.15, 0.2) is 0 Å². The Bertz CT molecular complexity index is 1330. The summed E-state index contributed by atoms with van der Waals surface area (Å²) in [5, 5.41) is 23.0. The number of nitro benzene ring substituents is 1. The fraction of sp³-hybridized carbons (Fsp3) is 0.0417. The van der Waals surface area contributed by atoms with Crippen molar-refractivity contribution in [2.75, 3.05) is 5.32 Å². The van der Waals surface area contributed by atoms with E-state index in [0.717, 1.165) is 6.07 Å². The van der Waals surface area contributed by atoms with Crippen LogP contribution >= 0.6 is 0 Å². The van der Waals surface area contributed by atoms with Gasteiger partial charge in [-0.3, -0.25) is 14.9 Å². The normalized spacial score (nSPS) is 10.8. The third kappa shape index (κ3) is 5.86. The summed E-state index contributed by atoms with van der Waals surface area (Å²) in [6, 6.07) is 17.0. The van der Waals surface area contributed by atoms with Crippen molar-refractivity contribution in [1.29, 1.82) is 5.26 Å². The summed E-state index contributed by atoms with van der Waals surface area (Å²) >= 11 is 0. The molecule has 0 heterocycles. The van der Waals surface area contributed by atoms with Crippen molar-refractivity contribution < 1.29 is 23.6 Å². The van der Waals surface area contributed by atoms with E-state index in [4.69, 9.17) is 4.74 Å². The number of hydrogen-bond donors (Lipinski definition) is 1. The largest absolute Gasteiger partial charge is 0.423 e. The SMILES string of the molecule is Cc1ccc(NC(=O)/C(C#N)=C/c2cccc(OC(=O)c3cccc(F)c3)c2)c([N+](=O)[O-])c1. The van der Waals surface area contributed by atoms with Crippen LogP contribution in [0.1, 0.15) is 21.5 Å². The number of hydrogen-bond acceptors (Lipinski definition) is 6. The number of aryl methyl sites for hydroxylation is 1. The number of nitrogens with zero attached hydrogens (tertiary/aromatic N) is 2. The Morgan fingerprint density at radius 1 is 1.12 bits per heavy atom. The van der Waals surface area contributed by atoms with Crippen molar-refractivity contribution in [2.45, 2.75) is 6.92 Å². The number of nitro groups is 1. The van der Waals surface area contributed by atoms with Gasteiger partial charge >= 0.3 is 5.97 Å². The third-order valence-corrected chi connectivity index (χ3v) is 4.40. The Hall–Kier alpha value is -4.84. The maximum absolute atomic E-state index is 13.3. The zero-order chi connectivity index (χ0) is 24.0. The summed E-state index contributed by atoms with van der Waals surface area (Å²) in [7, 11) is 0. The molecule has 1 N–H and O–H groups in total. The number of halogens is 1. The van der Waals surface area contributed by atoms with E-state index < -0.39 is 22.6 Å². The number of carbonyl (C=O) groups excluding carboxylic acids is 2. The highest BCUT2D eigenvalue weighted by molar-refractivity contribution is 6.10. The molecule has 0 aromatic heterocycles. The number of benzene rings is 3. The van der Waals surface area contributed by atoms with Crippen LogP contribution in [-0.2, 0) is 4.79 Å². The summed E-state index contributed by atoms with van der Waals surface area (Å²) < 4.78 is 18.5. The minimum atomic E-state index is -0.841. The van der Waals surface area contributed by atoms with Crippen molar-refractivity contribution in [1.82, 2.24) is 0 Å². The maximum atomic E-state index is 13.3. The van der Waals surface area contributed by atoms with Gasteiger partial charge in [-0.05, 0) is 60.5 Å². The Morgan fingerprint density at radius 3 is 2.58 bits per heavy atom. The van der Waals surface area contributed by atoms with Crippen molar-refractivity contribution in [3.63, 3.8) is 0 Å². The van der Waals surface area contributed by atoms with Crippen LogP contribution in [0.3, 0.4) is 0 Å². The van der Waals surface area contributed by atoms with Gasteiger partial charge in [-0.15, -0.1) is 0 Å². The van der Waals surface area contributed by atoms with Gasteiger partial charge in [0.05, 0.1) is 10.5 Å². The molecular weight excluding hydrogens is 429 g/mol. The quantitative estimate of drug-likeness (QED) is 0.145. The number of carbonyl (C=O) groups is 2. The first-order valence-electron chi connectivity index (χ1n) is 9.53. The Kier molecular flexibility index (Phi) is 6.90. The van der Waals surface area contributed by atoms with Gasteiger partial charge in [0, 0.05) is 6.07 Å². The molecule has 0 radical (unpaired) electrons. The molecule has 0 unspecified atom stereocenters. The summed E-state index contributed by atoms with van der Waals surface area (Å²) in [6.45, 7) is 1.67. The lowest BCUT2D eigenvalue weighted by molar-refractivity contribution is -0.384. The molecule has 33 heavy (non-hydrogen) atoms. The highest BCUT2D eigenvalue weighted by atomic mass is 19.1. The van der Waals surface area contributed by atoms with Crippen LogP contribution in [-0.4, -0.2) is 16.8 Å². The van der Waals surface area contributed by atoms with Gasteiger partial charge in [-0.2, -0.15) is 5.26 Å². The number of rotatable bonds is 6. The minimum Gasteiger partial charge on any atom is -0.423 e. The van der Waals surface area contributed by atoms with Gasteiger partial charge in [0.25, 0.3) is 11.6 Å². The molecule has 3 aromatic carbocycles. The van der Waals surface area contributed by atoms with Crippen LogP contribution in [0.15, 0.2) is 72.3 Å². The predicted molar refractivity (Wildman–Crippen MR) is 118 cm³/mol. The highest BCUT2D eigenvalue weighted by Gasteiger charge is 2.18. The van der Waals surface area contributed by atoms with Crippen LogP contribution in [0.4, 0.5) is 15.8 Å². The summed E-state index contributed by atoms with van der Waals surface area (Å²) in [4.78, 5) is 35.4. The predicted octanol–water partition coefficient (Wildman–Crippen LogP) is 4.81. The molecule has 3 rings (SSSR count). The van der Waals surface area contributed by atoms with Crippen LogP contribution in [0, 0.1) is 34.2 Å². The second-order valence-corrected chi connectivity index (χ2v) is 6.87. The fourth-order valence-corrected chi connectivity index (χ4v) is 2.85. The van der Waals surface area contributed by atoms with Gasteiger partial charge in [-0.1, -0.05) is 24.3 Å². The molecule has 164 valence electrons. The molecule has 0 saturated carbocycles. The first kappa shape index (κ1) is 22.8. The van der Waals surface area contributed by atoms with Crippen molar-refractivity contribution in [2.24, 2.45) is 0 Å². The molecule has 0 spiro atoms. The number of ether oxygens (including phenoxy) is 1. The number of esters is 1. The first-order chi connectivity index (χ1) is 15.8. The summed E-state index contributed by atoms with van der Waals surface area (Å²) in [5.74, 6) is -2.09. The number of nitriles is 1. The number of nitrogens with one attached hydrogen (secondary N) is 1. The summed E-state index contributed by atoms with van der Waals surface area (Å²) in [6.07, 6.45) is 1.24. The van der Waals surface area contributed by atoms with E-state index in [1.54, 1.807) is 25.1 Å². The molecule has 3 aromatic rings. The van der Waals surface area contributed by atoms with E-state index in [1.165, 1.54) is 54.6 Å². The van der Waals surface area contributed by atoms with Crippen LogP contribution in [0.5, 0.6) is 5.75 Å². The zero-order valence-electron chi connectivity index (χ0n) is 17.2. The lowest BCUT2D eigenvalue weighted by atomic mass is 10.1. The van der Waals surface area contributed by atoms with E-state index in [0.29, 0.717) is 11.1 Å². The molecule has 0 saturated heterocycles. The molecular formula is C24H16FN3O5. The molecule has 0 fully saturated rings. The van der Waals surface area contributed by atoms with Gasteiger partial charge in [-0.25, -0.2) is 9.18 Å². The van der Waals surface area contributed by atoms with Crippen molar-refractivity contribution in [3.05, 3.63) is 105 Å². The molecule has 1 amide bonds. The fourth-order valence-electron chi connectivity index (χ4n) is 2.85. The van der Waals surface area contributed by atoms with Crippen LogP contribution in [0.25, 0.3) is 6.08 Å². The van der Waals surface area contributed by atoms with E-state index in [-0.39, 0.29) is 28.3 Å². The first-order valence-corrected chi connectivity index (χ1v) is 9.53. The molecule has 9 heteroatoms. The highest BCUT2D eigenvalue weighted by Crippen LogP contribution is 2.26. The zero-order valence-corrected chi connectivity index (χ0v) is 17.2. The maximum Gasteiger partial charge on any atom is 0.343 e. The van der Waals surface area contributed by atoms with Gasteiger partial charge in [0.2, 0.25) is 0 Å². The van der Waals surface area contributed by atoms with Crippen LogP contribution in [0.2, 0.25) is 0 Å². The summed E-state index contributed by atoms with van der Waals surface area (Å²) in [5.41, 5.74) is 0.359. The second-order valence-electron chi connectivity index (χ2n) is 6.87. The van der Waals surface area contributed by atoms with Crippen molar-refractivity contribution >= 4 is 29.3 Å². The lowest BCUT2D eigenvalue weighted by Crippen LogP contribution is -2.14. The minimum absolute atomic E-state index is 0.0210. The topological polar surface area (TPSA) is 122 Å². The average Bonchev–Trinajstić information content (AvgIpc) is 2.78. The monoisotopic (exact) mass is 445 g/mol. The Balaban J connectivity index is 1.80. The molecule has 0 atom stereocenters. The van der Waals surface area contributed by atoms with Crippen LogP contribution < -0.4 is 10.1 Å². The standard InChI is InChI=1S/C24H16FN3O5/c1-15-8-9-21(22(10-15)28(31)32)27-23(29)18(14-26)11-16-4-2-7-20(12-16)33-24(30)17-5-3-6-19(25)13-17/h2-13H,1H3,(H,27,29)/b18-11+. The van der Waals surface area contributed by atoms with Crippen molar-refractivity contribution in [3.8, 4) is 11.8 Å². The number of amides is 1. The third-order valence-electron chi connectivity index (χ3n) is 4.40. The molecule has 0 aliphatic heterocycles. The lowest BCUT2D eigenvalue weighted by Gasteiger charge is -2.07. The van der Waals surface area contributed by atoms with Gasteiger partial charge in [0.1, 0.15) is 28.9 Å². The molecule has 8 nitrogen and oxygen atoms in total. The second kappa shape index (κ2) is 9.98. The number of anilines is 1. The average molecular weight is 445 g/mol. The Morgan fingerprint density at radius 2 is 1.88 bits per heavy atom. The van der Waals surface area contributed by atoms with Gasteiger partial charge < -0.3 is 10.1 Å². The van der Waals surface area contributed by atoms with E-state index in [2.05, 4.69) is 5.32 Å².